The summed E-state index contributed by atoms with van der Waals surface area (Å²) in [4.78, 5) is 34.2. The summed E-state index contributed by atoms with van der Waals surface area (Å²) in [5.41, 5.74) is 6.62. The first-order valence-electron chi connectivity index (χ1n) is 9.05. The van der Waals surface area contributed by atoms with Crippen molar-refractivity contribution >= 4 is 23.5 Å². The molecule has 0 unspecified atom stereocenters. The molecule has 0 saturated heterocycles. The zero-order chi connectivity index (χ0) is 21.2. The number of non-ortho nitro benzene ring substituents is 1. The highest BCUT2D eigenvalue weighted by Crippen LogP contribution is 2.19. The van der Waals surface area contributed by atoms with Crippen LogP contribution < -0.4 is 10.5 Å². The number of hydrogen-bond donors (Lipinski definition) is 1. The summed E-state index contributed by atoms with van der Waals surface area (Å²) in [5, 5.41) is 10.6. The molecule has 0 atom stereocenters. The van der Waals surface area contributed by atoms with E-state index in [0.29, 0.717) is 17.9 Å². The summed E-state index contributed by atoms with van der Waals surface area (Å²) in [6.07, 6.45) is 1.70. The molecule has 0 heterocycles. The predicted octanol–water partition coefficient (Wildman–Crippen LogP) is 4.24. The van der Waals surface area contributed by atoms with Gasteiger partial charge in [0.2, 0.25) is 0 Å². The third-order valence-electron chi connectivity index (χ3n) is 3.93. The number of nitro benzene ring substituents is 1. The Morgan fingerprint density at radius 3 is 2.45 bits per heavy atom. The molecule has 0 fully saturated rings. The zero-order valence-electron chi connectivity index (χ0n) is 16.0. The van der Waals surface area contributed by atoms with Crippen LogP contribution in [-0.4, -0.2) is 23.7 Å². The SMILES string of the molecule is CCCCCOC(=O)c1cc(N)ccc1COC(=O)Oc1ccc([N+](=O)[O-])cc1. The first kappa shape index (κ1) is 21.7. The van der Waals surface area contributed by atoms with Crippen LogP contribution in [0.25, 0.3) is 0 Å². The molecule has 0 aliphatic carbocycles. The van der Waals surface area contributed by atoms with Crippen LogP contribution in [0.4, 0.5) is 16.2 Å². The van der Waals surface area contributed by atoms with E-state index in [1.165, 1.54) is 30.3 Å². The maximum Gasteiger partial charge on any atom is 0.514 e. The van der Waals surface area contributed by atoms with Crippen molar-refractivity contribution in [1.29, 1.82) is 0 Å². The average Bonchev–Trinajstić information content (AvgIpc) is 2.70. The monoisotopic (exact) mass is 402 g/mol. The summed E-state index contributed by atoms with van der Waals surface area (Å²) in [5.74, 6) is -0.454. The fraction of sp³-hybridized carbons (Fsp3) is 0.300. The van der Waals surface area contributed by atoms with Gasteiger partial charge in [-0.1, -0.05) is 25.8 Å². The molecule has 2 N–H and O–H groups in total. The normalized spacial score (nSPS) is 10.2. The lowest BCUT2D eigenvalue weighted by Gasteiger charge is -2.11. The number of rotatable bonds is 9. The van der Waals surface area contributed by atoms with Gasteiger partial charge in [-0.2, -0.15) is 0 Å². The second-order valence-corrected chi connectivity index (χ2v) is 6.15. The predicted molar refractivity (Wildman–Crippen MR) is 105 cm³/mol. The third kappa shape index (κ3) is 6.80. The molecule has 2 aromatic rings. The van der Waals surface area contributed by atoms with Crippen LogP contribution in [0.3, 0.4) is 0 Å². The smallest absolute Gasteiger partial charge is 0.462 e. The number of anilines is 1. The minimum absolute atomic E-state index is 0.0912. The van der Waals surface area contributed by atoms with Gasteiger partial charge < -0.3 is 19.9 Å². The summed E-state index contributed by atoms with van der Waals surface area (Å²) in [6.45, 7) is 2.11. The summed E-state index contributed by atoms with van der Waals surface area (Å²) >= 11 is 0. The Labute approximate surface area is 167 Å². The Morgan fingerprint density at radius 1 is 1.07 bits per heavy atom. The maximum absolute atomic E-state index is 12.3. The Bertz CT molecular complexity index is 866. The van der Waals surface area contributed by atoms with Crippen molar-refractivity contribution in [2.24, 2.45) is 0 Å². The molecule has 0 bridgehead atoms. The summed E-state index contributed by atoms with van der Waals surface area (Å²) in [6, 6.07) is 9.57. The van der Waals surface area contributed by atoms with Crippen molar-refractivity contribution in [2.45, 2.75) is 32.8 Å². The van der Waals surface area contributed by atoms with Crippen LogP contribution in [0.15, 0.2) is 42.5 Å². The topological polar surface area (TPSA) is 131 Å². The van der Waals surface area contributed by atoms with Crippen molar-refractivity contribution < 1.29 is 28.7 Å². The van der Waals surface area contributed by atoms with E-state index in [4.69, 9.17) is 19.9 Å². The van der Waals surface area contributed by atoms with E-state index in [0.717, 1.165) is 19.3 Å². The third-order valence-corrected chi connectivity index (χ3v) is 3.93. The van der Waals surface area contributed by atoms with Gasteiger partial charge in [-0.25, -0.2) is 9.59 Å². The van der Waals surface area contributed by atoms with Gasteiger partial charge >= 0.3 is 12.1 Å². The number of nitrogens with two attached hydrogens (primary N) is 1. The molecule has 0 saturated carbocycles. The van der Waals surface area contributed by atoms with Gasteiger partial charge in [0.25, 0.3) is 5.69 Å². The van der Waals surface area contributed by atoms with Crippen molar-refractivity contribution in [3.63, 3.8) is 0 Å². The van der Waals surface area contributed by atoms with Gasteiger partial charge in [0, 0.05) is 23.4 Å². The standard InChI is InChI=1S/C20H22N2O7/c1-2-3-4-11-27-19(23)18-12-15(21)6-5-14(18)13-28-20(24)29-17-9-7-16(8-10-17)22(25)26/h5-10,12H,2-4,11,13,21H2,1H3. The number of hydrogen-bond acceptors (Lipinski definition) is 8. The second-order valence-electron chi connectivity index (χ2n) is 6.15. The first-order valence-corrected chi connectivity index (χ1v) is 9.05. The second kappa shape index (κ2) is 10.6. The molecule has 9 heteroatoms. The molecule has 0 aromatic heterocycles. The van der Waals surface area contributed by atoms with Gasteiger partial charge in [0.05, 0.1) is 17.1 Å². The van der Waals surface area contributed by atoms with Crippen LogP contribution in [0.5, 0.6) is 5.75 Å². The number of unbranched alkanes of at least 4 members (excludes halogenated alkanes) is 2. The minimum atomic E-state index is -1.02. The molecule has 0 aliphatic heterocycles. The molecule has 0 aliphatic rings. The van der Waals surface area contributed by atoms with Gasteiger partial charge in [-0.05, 0) is 30.7 Å². The molecule has 29 heavy (non-hydrogen) atoms. The largest absolute Gasteiger partial charge is 0.514 e. The van der Waals surface area contributed by atoms with E-state index in [2.05, 4.69) is 0 Å². The lowest BCUT2D eigenvalue weighted by atomic mass is 10.1. The Hall–Kier alpha value is -3.62. The molecule has 9 nitrogen and oxygen atoms in total. The average molecular weight is 402 g/mol. The molecular formula is C20H22N2O7. The van der Waals surface area contributed by atoms with Gasteiger partial charge in [0.1, 0.15) is 12.4 Å². The van der Waals surface area contributed by atoms with Crippen LogP contribution in [-0.2, 0) is 16.1 Å². The number of nitro groups is 1. The van der Waals surface area contributed by atoms with Crippen LogP contribution in [0, 0.1) is 10.1 Å². The number of carbonyl (C=O) groups excluding carboxylic acids is 2. The summed E-state index contributed by atoms with van der Waals surface area (Å²) < 4.78 is 15.2. The first-order chi connectivity index (χ1) is 13.9. The number of nitrogen functional groups attached to an aromatic ring is 1. The van der Waals surface area contributed by atoms with Crippen molar-refractivity contribution in [3.05, 3.63) is 63.7 Å². The van der Waals surface area contributed by atoms with Gasteiger partial charge in [-0.3, -0.25) is 10.1 Å². The number of carbonyl (C=O) groups is 2. The number of benzene rings is 2. The number of nitrogens with zero attached hydrogens (tertiary/aromatic N) is 1. The molecule has 0 radical (unpaired) electrons. The highest BCUT2D eigenvalue weighted by atomic mass is 16.7. The highest BCUT2D eigenvalue weighted by molar-refractivity contribution is 5.92. The molecule has 0 spiro atoms. The van der Waals surface area contributed by atoms with E-state index in [1.807, 2.05) is 6.92 Å². The summed E-state index contributed by atoms with van der Waals surface area (Å²) in [7, 11) is 0. The van der Waals surface area contributed by atoms with Crippen molar-refractivity contribution in [3.8, 4) is 5.75 Å². The van der Waals surface area contributed by atoms with Crippen molar-refractivity contribution in [2.75, 3.05) is 12.3 Å². The van der Waals surface area contributed by atoms with Crippen molar-refractivity contribution in [1.82, 2.24) is 0 Å². The minimum Gasteiger partial charge on any atom is -0.462 e. The lowest BCUT2D eigenvalue weighted by molar-refractivity contribution is -0.384. The van der Waals surface area contributed by atoms with E-state index < -0.39 is 17.0 Å². The molecule has 154 valence electrons. The Balaban J connectivity index is 1.95. The lowest BCUT2D eigenvalue weighted by Crippen LogP contribution is -2.14. The van der Waals surface area contributed by atoms with Crippen LogP contribution in [0.1, 0.15) is 42.1 Å². The van der Waals surface area contributed by atoms with E-state index >= 15 is 0 Å². The molecule has 2 rings (SSSR count). The van der Waals surface area contributed by atoms with E-state index in [9.17, 15) is 19.7 Å². The maximum atomic E-state index is 12.3. The Morgan fingerprint density at radius 2 is 1.79 bits per heavy atom. The quantitative estimate of drug-likeness (QED) is 0.164. The molecular weight excluding hydrogens is 380 g/mol. The fourth-order valence-electron chi connectivity index (χ4n) is 2.40. The highest BCUT2D eigenvalue weighted by Gasteiger charge is 2.16. The van der Waals surface area contributed by atoms with Gasteiger partial charge in [-0.15, -0.1) is 0 Å². The number of ether oxygens (including phenoxy) is 3. The molecule has 2 aromatic carbocycles. The van der Waals surface area contributed by atoms with Crippen LogP contribution >= 0.6 is 0 Å². The van der Waals surface area contributed by atoms with Gasteiger partial charge in [0.15, 0.2) is 0 Å². The number of esters is 1. The Kier molecular flexibility index (Phi) is 7.96. The van der Waals surface area contributed by atoms with Crippen LogP contribution in [0.2, 0.25) is 0 Å². The van der Waals surface area contributed by atoms with E-state index in [-0.39, 0.29) is 23.6 Å². The zero-order valence-corrected chi connectivity index (χ0v) is 16.0. The fourth-order valence-corrected chi connectivity index (χ4v) is 2.40. The molecule has 0 amide bonds. The van der Waals surface area contributed by atoms with E-state index in [1.54, 1.807) is 12.1 Å².